The molecular formula is C28H36N4O5. The van der Waals surface area contributed by atoms with Crippen molar-refractivity contribution in [3.05, 3.63) is 29.3 Å². The molecule has 0 bridgehead atoms. The number of fused-ring (bicyclic) bond motifs is 1. The van der Waals surface area contributed by atoms with Gasteiger partial charge < -0.3 is 14.5 Å². The van der Waals surface area contributed by atoms with Crippen LogP contribution >= 0.6 is 0 Å². The summed E-state index contributed by atoms with van der Waals surface area (Å²) < 4.78 is 6.52. The highest BCUT2D eigenvalue weighted by Gasteiger charge is 2.43. The lowest BCUT2D eigenvalue weighted by atomic mass is 9.86. The first-order valence-corrected chi connectivity index (χ1v) is 13.9. The minimum absolute atomic E-state index is 0.0566. The molecule has 9 nitrogen and oxygen atoms in total. The molecule has 1 unspecified atom stereocenters. The van der Waals surface area contributed by atoms with E-state index < -0.39 is 11.9 Å². The SMILES string of the molecule is O=C1CCC(N2Cc3cc(O[C@H]4CCCC[C@@H]4N4CC(C(=O)N5CCCCC5)C4)ccc3C2=O)C(=O)N1. The summed E-state index contributed by atoms with van der Waals surface area (Å²) in [5, 5.41) is 2.35. The highest BCUT2D eigenvalue weighted by Crippen LogP contribution is 2.35. The largest absolute Gasteiger partial charge is 0.489 e. The summed E-state index contributed by atoms with van der Waals surface area (Å²) in [6.07, 6.45) is 8.48. The van der Waals surface area contributed by atoms with E-state index in [2.05, 4.69) is 15.1 Å². The molecule has 198 valence electrons. The number of ether oxygens (including phenoxy) is 1. The molecule has 4 heterocycles. The molecule has 0 radical (unpaired) electrons. The number of hydrogen-bond donors (Lipinski definition) is 1. The van der Waals surface area contributed by atoms with Gasteiger partial charge in [-0.1, -0.05) is 6.42 Å². The van der Waals surface area contributed by atoms with E-state index in [9.17, 15) is 19.2 Å². The third kappa shape index (κ3) is 4.74. The molecule has 4 fully saturated rings. The van der Waals surface area contributed by atoms with Crippen molar-refractivity contribution in [1.82, 2.24) is 20.0 Å². The number of hydrogen-bond acceptors (Lipinski definition) is 6. The second-order valence-electron chi connectivity index (χ2n) is 11.3. The average Bonchev–Trinajstić information content (AvgIpc) is 3.20. The van der Waals surface area contributed by atoms with Crippen LogP contribution in [-0.4, -0.2) is 82.7 Å². The van der Waals surface area contributed by atoms with E-state index in [0.29, 0.717) is 30.5 Å². The summed E-state index contributed by atoms with van der Waals surface area (Å²) in [5.41, 5.74) is 1.45. The van der Waals surface area contributed by atoms with Gasteiger partial charge in [-0.3, -0.25) is 29.4 Å². The van der Waals surface area contributed by atoms with Crippen LogP contribution < -0.4 is 10.1 Å². The molecule has 4 aliphatic heterocycles. The predicted octanol–water partition coefficient (Wildman–Crippen LogP) is 2.08. The van der Waals surface area contributed by atoms with Crippen molar-refractivity contribution in [2.24, 2.45) is 5.92 Å². The summed E-state index contributed by atoms with van der Waals surface area (Å²) in [6.45, 7) is 3.80. The van der Waals surface area contributed by atoms with Crippen LogP contribution in [-0.2, 0) is 20.9 Å². The average molecular weight is 509 g/mol. The molecule has 1 aliphatic carbocycles. The van der Waals surface area contributed by atoms with E-state index in [4.69, 9.17) is 4.74 Å². The summed E-state index contributed by atoms with van der Waals surface area (Å²) in [6, 6.07) is 5.28. The van der Waals surface area contributed by atoms with Crippen LogP contribution in [0.4, 0.5) is 0 Å². The molecule has 37 heavy (non-hydrogen) atoms. The van der Waals surface area contributed by atoms with Crippen molar-refractivity contribution in [2.45, 2.75) is 82.5 Å². The smallest absolute Gasteiger partial charge is 0.255 e. The van der Waals surface area contributed by atoms with Crippen molar-refractivity contribution in [3.63, 3.8) is 0 Å². The van der Waals surface area contributed by atoms with Gasteiger partial charge in [0.05, 0.1) is 5.92 Å². The molecule has 1 aromatic carbocycles. The second kappa shape index (κ2) is 10.1. The van der Waals surface area contributed by atoms with Gasteiger partial charge in [-0.05, 0) is 68.7 Å². The Morgan fingerprint density at radius 2 is 1.73 bits per heavy atom. The second-order valence-corrected chi connectivity index (χ2v) is 11.3. The lowest BCUT2D eigenvalue weighted by molar-refractivity contribution is -0.145. The number of amides is 4. The maximum atomic E-state index is 13.0. The van der Waals surface area contributed by atoms with Crippen LogP contribution in [0.15, 0.2) is 18.2 Å². The third-order valence-corrected chi connectivity index (χ3v) is 8.85. The fraction of sp³-hybridized carbons (Fsp3) is 0.643. The first kappa shape index (κ1) is 24.4. The van der Waals surface area contributed by atoms with Crippen LogP contribution in [0.5, 0.6) is 5.75 Å². The molecular weight excluding hydrogens is 472 g/mol. The van der Waals surface area contributed by atoms with Crippen LogP contribution in [0.1, 0.15) is 73.7 Å². The molecule has 5 aliphatic rings. The van der Waals surface area contributed by atoms with Gasteiger partial charge in [0.1, 0.15) is 17.9 Å². The number of carbonyl (C=O) groups is 4. The Bertz CT molecular complexity index is 1090. The van der Waals surface area contributed by atoms with Gasteiger partial charge in [0.25, 0.3) is 5.91 Å². The Kier molecular flexibility index (Phi) is 6.65. The van der Waals surface area contributed by atoms with Gasteiger partial charge in [-0.25, -0.2) is 0 Å². The van der Waals surface area contributed by atoms with Gasteiger partial charge in [0, 0.05) is 50.7 Å². The van der Waals surface area contributed by atoms with E-state index in [1.54, 1.807) is 11.0 Å². The van der Waals surface area contributed by atoms with E-state index in [0.717, 1.165) is 69.6 Å². The van der Waals surface area contributed by atoms with Crippen molar-refractivity contribution in [1.29, 1.82) is 0 Å². The monoisotopic (exact) mass is 508 g/mol. The fourth-order valence-electron chi connectivity index (χ4n) is 6.74. The number of carbonyl (C=O) groups excluding carboxylic acids is 4. The zero-order chi connectivity index (χ0) is 25.5. The number of imide groups is 1. The Morgan fingerprint density at radius 3 is 2.51 bits per heavy atom. The predicted molar refractivity (Wildman–Crippen MR) is 135 cm³/mol. The Labute approximate surface area is 217 Å². The summed E-state index contributed by atoms with van der Waals surface area (Å²) in [7, 11) is 0. The number of nitrogens with zero attached hydrogens (tertiary/aromatic N) is 3. The van der Waals surface area contributed by atoms with E-state index in [1.165, 1.54) is 12.8 Å². The normalized spacial score (nSPS) is 29.1. The van der Waals surface area contributed by atoms with E-state index in [-0.39, 0.29) is 30.3 Å². The topological polar surface area (TPSA) is 99.3 Å². The summed E-state index contributed by atoms with van der Waals surface area (Å²) in [4.78, 5) is 55.8. The highest BCUT2D eigenvalue weighted by atomic mass is 16.5. The Balaban J connectivity index is 1.08. The number of piperidine rings is 2. The molecule has 3 saturated heterocycles. The van der Waals surface area contributed by atoms with Crippen LogP contribution in [0.2, 0.25) is 0 Å². The molecule has 1 aromatic rings. The van der Waals surface area contributed by atoms with Gasteiger partial charge >= 0.3 is 0 Å². The molecule has 9 heteroatoms. The van der Waals surface area contributed by atoms with Gasteiger partial charge in [0.2, 0.25) is 17.7 Å². The first-order valence-electron chi connectivity index (χ1n) is 13.9. The highest BCUT2D eigenvalue weighted by molar-refractivity contribution is 6.05. The van der Waals surface area contributed by atoms with Gasteiger partial charge in [-0.2, -0.15) is 0 Å². The molecule has 0 spiro atoms. The van der Waals surface area contributed by atoms with E-state index in [1.807, 2.05) is 12.1 Å². The molecule has 6 rings (SSSR count). The zero-order valence-electron chi connectivity index (χ0n) is 21.3. The minimum atomic E-state index is -0.614. The number of benzene rings is 1. The lowest BCUT2D eigenvalue weighted by Crippen LogP contribution is -2.61. The standard InChI is InChI=1S/C28H36N4O5/c33-25-11-10-23(26(34)29-25)32-17-18-14-20(8-9-21(18)28(32)36)37-24-7-3-2-6-22(24)31-15-19(16-31)27(35)30-12-4-1-5-13-30/h8-9,14,19,22-24H,1-7,10-13,15-17H2,(H,29,33,34)/t22-,23?,24-/m0/s1. The van der Waals surface area contributed by atoms with Crippen molar-refractivity contribution >= 4 is 23.6 Å². The van der Waals surface area contributed by atoms with E-state index >= 15 is 0 Å². The zero-order valence-corrected chi connectivity index (χ0v) is 21.3. The Morgan fingerprint density at radius 1 is 0.946 bits per heavy atom. The van der Waals surface area contributed by atoms with Crippen LogP contribution in [0, 0.1) is 5.92 Å². The summed E-state index contributed by atoms with van der Waals surface area (Å²) in [5.74, 6) is 0.336. The van der Waals surface area contributed by atoms with Gasteiger partial charge in [-0.15, -0.1) is 0 Å². The van der Waals surface area contributed by atoms with Crippen molar-refractivity contribution < 1.29 is 23.9 Å². The maximum absolute atomic E-state index is 13.0. The lowest BCUT2D eigenvalue weighted by Gasteiger charge is -2.48. The van der Waals surface area contributed by atoms with Gasteiger partial charge in [0.15, 0.2) is 0 Å². The molecule has 1 N–H and O–H groups in total. The molecule has 0 aromatic heterocycles. The number of nitrogens with one attached hydrogen (secondary N) is 1. The van der Waals surface area contributed by atoms with Crippen LogP contribution in [0.25, 0.3) is 0 Å². The third-order valence-electron chi connectivity index (χ3n) is 8.85. The number of likely N-dealkylation sites (tertiary alicyclic amines) is 2. The first-order chi connectivity index (χ1) is 18.0. The Hall–Kier alpha value is -2.94. The minimum Gasteiger partial charge on any atom is -0.489 e. The maximum Gasteiger partial charge on any atom is 0.255 e. The quantitative estimate of drug-likeness (QED) is 0.612. The summed E-state index contributed by atoms with van der Waals surface area (Å²) >= 11 is 0. The van der Waals surface area contributed by atoms with Crippen LogP contribution in [0.3, 0.4) is 0 Å². The molecule has 4 amide bonds. The fourth-order valence-corrected chi connectivity index (χ4v) is 6.74. The van der Waals surface area contributed by atoms with Crippen molar-refractivity contribution in [2.75, 3.05) is 26.2 Å². The molecule has 1 saturated carbocycles. The van der Waals surface area contributed by atoms with Crippen molar-refractivity contribution in [3.8, 4) is 5.75 Å². The number of rotatable bonds is 5. The molecule has 3 atom stereocenters.